The summed E-state index contributed by atoms with van der Waals surface area (Å²) in [6.07, 6.45) is 1.34. The van der Waals surface area contributed by atoms with Crippen molar-refractivity contribution in [2.75, 3.05) is 19.4 Å². The quantitative estimate of drug-likeness (QED) is 0.379. The predicted octanol–water partition coefficient (Wildman–Crippen LogP) is 2.84. The van der Waals surface area contributed by atoms with E-state index in [4.69, 9.17) is 0 Å². The number of non-ortho nitro benzene ring substituents is 1. The molecule has 0 saturated heterocycles. The van der Waals surface area contributed by atoms with Crippen molar-refractivity contribution < 1.29 is 14.5 Å². The molecule has 8 heteroatoms. The van der Waals surface area contributed by atoms with Gasteiger partial charge in [-0.25, -0.2) is 0 Å². The lowest BCUT2D eigenvalue weighted by Gasteiger charge is -2.10. The van der Waals surface area contributed by atoms with Gasteiger partial charge in [-0.05, 0) is 48.0 Å². The van der Waals surface area contributed by atoms with Gasteiger partial charge >= 0.3 is 0 Å². The monoisotopic (exact) mass is 364 g/mol. The number of nitrogens with zero attached hydrogens (tertiary/aromatic N) is 3. The topological polar surface area (TPSA) is 116 Å². The van der Waals surface area contributed by atoms with E-state index < -0.39 is 10.8 Å². The Bertz CT molecular complexity index is 939. The molecule has 0 atom stereocenters. The molecule has 8 nitrogen and oxygen atoms in total. The van der Waals surface area contributed by atoms with Crippen LogP contribution in [0.2, 0.25) is 0 Å². The van der Waals surface area contributed by atoms with Crippen LogP contribution in [-0.4, -0.2) is 35.7 Å². The van der Waals surface area contributed by atoms with Crippen molar-refractivity contribution in [2.24, 2.45) is 0 Å². The molecule has 0 aliphatic rings. The van der Waals surface area contributed by atoms with E-state index in [1.165, 1.54) is 35.2 Å². The second-order valence-corrected chi connectivity index (χ2v) is 5.75. The van der Waals surface area contributed by atoms with Gasteiger partial charge in [-0.3, -0.25) is 19.7 Å². The van der Waals surface area contributed by atoms with Crippen LogP contribution in [0.1, 0.15) is 15.9 Å². The number of nitrogens with one attached hydrogen (secondary N) is 1. The highest BCUT2D eigenvalue weighted by atomic mass is 16.6. The van der Waals surface area contributed by atoms with Crippen LogP contribution in [0.15, 0.2) is 54.1 Å². The Kier molecular flexibility index (Phi) is 6.02. The van der Waals surface area contributed by atoms with Crippen LogP contribution in [0.4, 0.5) is 11.4 Å². The van der Waals surface area contributed by atoms with Crippen molar-refractivity contribution in [2.45, 2.75) is 0 Å². The Hall–Kier alpha value is -3.99. The molecular formula is C19H16N4O4. The van der Waals surface area contributed by atoms with Crippen LogP contribution in [0.5, 0.6) is 0 Å². The van der Waals surface area contributed by atoms with Crippen LogP contribution in [0.25, 0.3) is 6.08 Å². The molecule has 2 aromatic carbocycles. The summed E-state index contributed by atoms with van der Waals surface area (Å²) < 4.78 is 0. The first kappa shape index (κ1) is 19.3. The average molecular weight is 364 g/mol. The first-order valence-corrected chi connectivity index (χ1v) is 7.81. The molecule has 0 aliphatic carbocycles. The number of carbonyl (C=O) groups excluding carboxylic acids is 2. The molecule has 2 aromatic rings. The lowest BCUT2D eigenvalue weighted by atomic mass is 10.1. The summed E-state index contributed by atoms with van der Waals surface area (Å²) in [5.41, 5.74) is 1.15. The molecule has 2 amide bonds. The van der Waals surface area contributed by atoms with Crippen molar-refractivity contribution in [3.05, 3.63) is 75.3 Å². The van der Waals surface area contributed by atoms with Crippen LogP contribution in [0, 0.1) is 21.4 Å². The van der Waals surface area contributed by atoms with Gasteiger partial charge in [-0.15, -0.1) is 0 Å². The Morgan fingerprint density at radius 3 is 2.19 bits per heavy atom. The van der Waals surface area contributed by atoms with E-state index >= 15 is 0 Å². The summed E-state index contributed by atoms with van der Waals surface area (Å²) in [6, 6.07) is 13.6. The van der Waals surface area contributed by atoms with Crippen LogP contribution >= 0.6 is 0 Å². The summed E-state index contributed by atoms with van der Waals surface area (Å²) in [7, 11) is 3.28. The zero-order chi connectivity index (χ0) is 20.0. The molecule has 0 saturated carbocycles. The van der Waals surface area contributed by atoms with Gasteiger partial charge in [-0.2, -0.15) is 5.26 Å². The first-order valence-electron chi connectivity index (χ1n) is 7.81. The van der Waals surface area contributed by atoms with Crippen molar-refractivity contribution in [3.63, 3.8) is 0 Å². The molecule has 0 spiro atoms. The number of nitro groups is 1. The Balaban J connectivity index is 2.14. The molecule has 0 bridgehead atoms. The second-order valence-electron chi connectivity index (χ2n) is 5.75. The Morgan fingerprint density at radius 1 is 1.11 bits per heavy atom. The molecule has 27 heavy (non-hydrogen) atoms. The van der Waals surface area contributed by atoms with Gasteiger partial charge in [0.25, 0.3) is 17.5 Å². The van der Waals surface area contributed by atoms with Gasteiger partial charge in [0.15, 0.2) is 0 Å². The normalized spacial score (nSPS) is 10.6. The highest BCUT2D eigenvalue weighted by Crippen LogP contribution is 2.16. The van der Waals surface area contributed by atoms with Crippen molar-refractivity contribution in [1.82, 2.24) is 4.90 Å². The summed E-state index contributed by atoms with van der Waals surface area (Å²) >= 11 is 0. The molecule has 136 valence electrons. The number of nitriles is 1. The maximum Gasteiger partial charge on any atom is 0.269 e. The van der Waals surface area contributed by atoms with Crippen molar-refractivity contribution in [1.29, 1.82) is 5.26 Å². The smallest absolute Gasteiger partial charge is 0.269 e. The second kappa shape index (κ2) is 8.40. The zero-order valence-electron chi connectivity index (χ0n) is 14.7. The third kappa shape index (κ3) is 4.99. The minimum Gasteiger partial charge on any atom is -0.345 e. The minimum absolute atomic E-state index is 0.0810. The molecule has 1 N–H and O–H groups in total. The fourth-order valence-electron chi connectivity index (χ4n) is 2.16. The summed E-state index contributed by atoms with van der Waals surface area (Å²) in [6.45, 7) is 0. The first-order chi connectivity index (χ1) is 12.8. The van der Waals surface area contributed by atoms with E-state index in [0.29, 0.717) is 16.8 Å². The average Bonchev–Trinajstić information content (AvgIpc) is 2.66. The standard InChI is InChI=1S/C19H16N4O4/c1-22(2)19(25)14-5-7-16(8-6-14)21-18(24)15(12-20)11-13-3-9-17(10-4-13)23(26)27/h3-11H,1-2H3,(H,21,24)/b15-11+. The Morgan fingerprint density at radius 2 is 1.70 bits per heavy atom. The molecule has 0 unspecified atom stereocenters. The van der Waals surface area contributed by atoms with Gasteiger partial charge in [0.1, 0.15) is 11.6 Å². The summed E-state index contributed by atoms with van der Waals surface area (Å²) in [5, 5.41) is 22.4. The predicted molar refractivity (Wildman–Crippen MR) is 99.8 cm³/mol. The molecule has 0 fully saturated rings. The van der Waals surface area contributed by atoms with Gasteiger partial charge < -0.3 is 10.2 Å². The van der Waals surface area contributed by atoms with Gasteiger partial charge in [-0.1, -0.05) is 0 Å². The van der Waals surface area contributed by atoms with Gasteiger partial charge in [0.05, 0.1) is 4.92 Å². The van der Waals surface area contributed by atoms with Crippen molar-refractivity contribution in [3.8, 4) is 6.07 Å². The van der Waals surface area contributed by atoms with E-state index in [9.17, 15) is 25.0 Å². The third-order valence-corrected chi connectivity index (χ3v) is 3.58. The number of hydrogen-bond donors (Lipinski definition) is 1. The van der Waals surface area contributed by atoms with E-state index in [2.05, 4.69) is 5.32 Å². The molecular weight excluding hydrogens is 348 g/mol. The van der Waals surface area contributed by atoms with Crippen LogP contribution in [-0.2, 0) is 4.79 Å². The molecule has 0 heterocycles. The van der Waals surface area contributed by atoms with E-state index in [1.807, 2.05) is 0 Å². The van der Waals surface area contributed by atoms with Crippen molar-refractivity contribution >= 4 is 29.3 Å². The number of hydrogen-bond acceptors (Lipinski definition) is 5. The van der Waals surface area contributed by atoms with Gasteiger partial charge in [0, 0.05) is 37.5 Å². The largest absolute Gasteiger partial charge is 0.345 e. The lowest BCUT2D eigenvalue weighted by molar-refractivity contribution is -0.384. The van der Waals surface area contributed by atoms with E-state index in [1.54, 1.807) is 44.4 Å². The molecule has 0 aromatic heterocycles. The fraction of sp³-hybridized carbons (Fsp3) is 0.105. The highest BCUT2D eigenvalue weighted by molar-refractivity contribution is 6.09. The van der Waals surface area contributed by atoms with Gasteiger partial charge in [0.2, 0.25) is 0 Å². The summed E-state index contributed by atoms with van der Waals surface area (Å²) in [5.74, 6) is -0.786. The third-order valence-electron chi connectivity index (χ3n) is 3.58. The number of anilines is 1. The minimum atomic E-state index is -0.623. The van der Waals surface area contributed by atoms with E-state index in [-0.39, 0.29) is 17.2 Å². The highest BCUT2D eigenvalue weighted by Gasteiger charge is 2.12. The number of carbonyl (C=O) groups is 2. The number of amides is 2. The maximum absolute atomic E-state index is 12.3. The van der Waals surface area contributed by atoms with Crippen LogP contribution < -0.4 is 5.32 Å². The maximum atomic E-state index is 12.3. The number of nitro benzene ring substituents is 1. The van der Waals surface area contributed by atoms with E-state index in [0.717, 1.165) is 0 Å². The molecule has 2 rings (SSSR count). The molecule has 0 radical (unpaired) electrons. The van der Waals surface area contributed by atoms with Crippen LogP contribution in [0.3, 0.4) is 0 Å². The number of benzene rings is 2. The zero-order valence-corrected chi connectivity index (χ0v) is 14.7. The SMILES string of the molecule is CN(C)C(=O)c1ccc(NC(=O)/C(C#N)=C/c2ccc([N+](=O)[O-])cc2)cc1. The Labute approximate surface area is 155 Å². The lowest BCUT2D eigenvalue weighted by Crippen LogP contribution is -2.21. The molecule has 0 aliphatic heterocycles. The number of rotatable bonds is 5. The fourth-order valence-corrected chi connectivity index (χ4v) is 2.16. The summed E-state index contributed by atoms with van der Waals surface area (Å²) in [4.78, 5) is 35.7.